The molecule has 1 aromatic carbocycles. The molecule has 108 valence electrons. The quantitative estimate of drug-likeness (QED) is 0.832. The van der Waals surface area contributed by atoms with Gasteiger partial charge in [0.15, 0.2) is 0 Å². The highest BCUT2D eigenvalue weighted by Gasteiger charge is 2.09. The van der Waals surface area contributed by atoms with Crippen molar-refractivity contribution >= 4 is 23.2 Å². The monoisotopic (exact) mass is 313 g/mol. The van der Waals surface area contributed by atoms with E-state index in [4.69, 9.17) is 27.9 Å². The number of hydrogen-bond donors (Lipinski definition) is 1. The molecule has 0 saturated carbocycles. The third-order valence-electron chi connectivity index (χ3n) is 2.93. The summed E-state index contributed by atoms with van der Waals surface area (Å²) in [6.07, 6.45) is 1.79. The third kappa shape index (κ3) is 3.73. The smallest absolute Gasteiger partial charge is 0.0819 e. The Labute approximate surface area is 128 Å². The lowest BCUT2D eigenvalue weighted by molar-refractivity contribution is 0.199. The van der Waals surface area contributed by atoms with E-state index in [9.17, 15) is 0 Å². The molecule has 4 nitrogen and oxygen atoms in total. The van der Waals surface area contributed by atoms with E-state index in [1.54, 1.807) is 18.0 Å². The minimum Gasteiger partial charge on any atom is -0.383 e. The van der Waals surface area contributed by atoms with E-state index in [0.717, 1.165) is 23.5 Å². The lowest BCUT2D eigenvalue weighted by atomic mass is 10.1. The van der Waals surface area contributed by atoms with Gasteiger partial charge in [0, 0.05) is 31.4 Å². The molecule has 0 atom stereocenters. The zero-order valence-corrected chi connectivity index (χ0v) is 13.0. The van der Waals surface area contributed by atoms with Crippen molar-refractivity contribution in [2.24, 2.45) is 0 Å². The van der Waals surface area contributed by atoms with Crippen LogP contribution < -0.4 is 5.32 Å². The molecular formula is C14H17Cl2N3O. The standard InChI is InChI=1S/C14H17Cl2N3O/c1-10-13(16)9-19(18-10)14-7-12(15)4-3-11(14)8-17-5-6-20-2/h3-4,7,9,17H,5-6,8H2,1-2H3. The molecule has 6 heteroatoms. The van der Waals surface area contributed by atoms with E-state index in [2.05, 4.69) is 10.4 Å². The van der Waals surface area contributed by atoms with Crippen molar-refractivity contribution in [3.8, 4) is 5.69 Å². The topological polar surface area (TPSA) is 39.1 Å². The Morgan fingerprint density at radius 3 is 2.80 bits per heavy atom. The summed E-state index contributed by atoms with van der Waals surface area (Å²) < 4.78 is 6.78. The summed E-state index contributed by atoms with van der Waals surface area (Å²) in [5, 5.41) is 9.02. The second kappa shape index (κ2) is 7.09. The number of benzene rings is 1. The molecule has 0 bridgehead atoms. The van der Waals surface area contributed by atoms with Gasteiger partial charge in [0.25, 0.3) is 0 Å². The fraction of sp³-hybridized carbons (Fsp3) is 0.357. The van der Waals surface area contributed by atoms with Crippen molar-refractivity contribution in [3.63, 3.8) is 0 Å². The van der Waals surface area contributed by atoms with Crippen LogP contribution in [0.1, 0.15) is 11.3 Å². The van der Waals surface area contributed by atoms with E-state index >= 15 is 0 Å². The van der Waals surface area contributed by atoms with Gasteiger partial charge in [-0.25, -0.2) is 4.68 Å². The number of ether oxygens (including phenoxy) is 1. The molecule has 0 spiro atoms. The largest absolute Gasteiger partial charge is 0.383 e. The predicted molar refractivity (Wildman–Crippen MR) is 81.9 cm³/mol. The van der Waals surface area contributed by atoms with Crippen molar-refractivity contribution in [1.29, 1.82) is 0 Å². The number of nitrogens with one attached hydrogen (secondary N) is 1. The Morgan fingerprint density at radius 2 is 2.15 bits per heavy atom. The van der Waals surface area contributed by atoms with Crippen LogP contribution in [0, 0.1) is 6.92 Å². The lowest BCUT2D eigenvalue weighted by Crippen LogP contribution is -2.19. The first-order valence-electron chi connectivity index (χ1n) is 6.32. The highest BCUT2D eigenvalue weighted by Crippen LogP contribution is 2.22. The summed E-state index contributed by atoms with van der Waals surface area (Å²) in [4.78, 5) is 0. The van der Waals surface area contributed by atoms with Crippen molar-refractivity contribution in [3.05, 3.63) is 45.7 Å². The predicted octanol–water partition coefficient (Wildman–Crippen LogP) is 3.22. The van der Waals surface area contributed by atoms with E-state index < -0.39 is 0 Å². The SMILES string of the molecule is COCCNCc1ccc(Cl)cc1-n1cc(Cl)c(C)n1. The van der Waals surface area contributed by atoms with Crippen LogP contribution in [0.5, 0.6) is 0 Å². The van der Waals surface area contributed by atoms with E-state index in [0.29, 0.717) is 23.2 Å². The highest BCUT2D eigenvalue weighted by molar-refractivity contribution is 6.31. The van der Waals surface area contributed by atoms with Crippen molar-refractivity contribution in [2.45, 2.75) is 13.5 Å². The first-order chi connectivity index (χ1) is 9.61. The van der Waals surface area contributed by atoms with Gasteiger partial charge in [-0.1, -0.05) is 29.3 Å². The summed E-state index contributed by atoms with van der Waals surface area (Å²) in [6, 6.07) is 5.75. The van der Waals surface area contributed by atoms with Gasteiger partial charge in [-0.3, -0.25) is 0 Å². The summed E-state index contributed by atoms with van der Waals surface area (Å²) >= 11 is 12.2. The number of methoxy groups -OCH3 is 1. The molecule has 1 aromatic heterocycles. The minimum absolute atomic E-state index is 0.642. The molecule has 0 fully saturated rings. The number of aryl methyl sites for hydroxylation is 1. The van der Waals surface area contributed by atoms with Gasteiger partial charge in [-0.15, -0.1) is 0 Å². The molecule has 0 unspecified atom stereocenters. The normalized spacial score (nSPS) is 11.0. The number of rotatable bonds is 6. The maximum atomic E-state index is 6.08. The minimum atomic E-state index is 0.642. The van der Waals surface area contributed by atoms with Crippen LogP contribution >= 0.6 is 23.2 Å². The Kier molecular flexibility index (Phi) is 5.43. The van der Waals surface area contributed by atoms with Crippen LogP contribution in [0.3, 0.4) is 0 Å². The van der Waals surface area contributed by atoms with E-state index in [-0.39, 0.29) is 0 Å². The number of halogens is 2. The molecule has 2 rings (SSSR count). The maximum Gasteiger partial charge on any atom is 0.0819 e. The van der Waals surface area contributed by atoms with Crippen LogP contribution in [0.4, 0.5) is 0 Å². The summed E-state index contributed by atoms with van der Waals surface area (Å²) in [5.74, 6) is 0. The van der Waals surface area contributed by atoms with Crippen molar-refractivity contribution < 1.29 is 4.74 Å². The van der Waals surface area contributed by atoms with Crippen LogP contribution in [-0.2, 0) is 11.3 Å². The van der Waals surface area contributed by atoms with Gasteiger partial charge in [0.2, 0.25) is 0 Å². The Bertz CT molecular complexity index is 564. The second-order valence-corrected chi connectivity index (χ2v) is 5.29. The molecule has 2 aromatic rings. The fourth-order valence-electron chi connectivity index (χ4n) is 1.86. The van der Waals surface area contributed by atoms with Gasteiger partial charge in [0.05, 0.1) is 23.0 Å². The van der Waals surface area contributed by atoms with Gasteiger partial charge in [0.1, 0.15) is 0 Å². The van der Waals surface area contributed by atoms with Crippen LogP contribution in [0.15, 0.2) is 24.4 Å². The van der Waals surface area contributed by atoms with Crippen LogP contribution in [-0.4, -0.2) is 30.0 Å². The lowest BCUT2D eigenvalue weighted by Gasteiger charge is -2.11. The molecule has 0 saturated heterocycles. The number of hydrogen-bond acceptors (Lipinski definition) is 3. The Morgan fingerprint density at radius 1 is 1.35 bits per heavy atom. The van der Waals surface area contributed by atoms with Gasteiger partial charge >= 0.3 is 0 Å². The third-order valence-corrected chi connectivity index (χ3v) is 3.54. The summed E-state index contributed by atoms with van der Waals surface area (Å²) in [6.45, 7) is 4.05. The maximum absolute atomic E-state index is 6.08. The van der Waals surface area contributed by atoms with Gasteiger partial charge in [-0.05, 0) is 24.6 Å². The second-order valence-electron chi connectivity index (χ2n) is 4.45. The summed E-state index contributed by atoms with van der Waals surface area (Å²) in [7, 11) is 1.68. The molecule has 0 radical (unpaired) electrons. The van der Waals surface area contributed by atoms with E-state index in [1.807, 2.05) is 25.1 Å². The average Bonchev–Trinajstić information content (AvgIpc) is 2.76. The number of nitrogens with zero attached hydrogens (tertiary/aromatic N) is 2. The first-order valence-corrected chi connectivity index (χ1v) is 7.07. The summed E-state index contributed by atoms with van der Waals surface area (Å²) in [5.41, 5.74) is 2.83. The first kappa shape index (κ1) is 15.3. The molecule has 0 aliphatic carbocycles. The molecule has 0 aliphatic rings. The zero-order valence-electron chi connectivity index (χ0n) is 11.5. The van der Waals surface area contributed by atoms with E-state index in [1.165, 1.54) is 0 Å². The molecular weight excluding hydrogens is 297 g/mol. The Hall–Kier alpha value is -1.07. The van der Waals surface area contributed by atoms with Gasteiger partial charge < -0.3 is 10.1 Å². The molecule has 20 heavy (non-hydrogen) atoms. The van der Waals surface area contributed by atoms with Crippen LogP contribution in [0.2, 0.25) is 10.0 Å². The van der Waals surface area contributed by atoms with Gasteiger partial charge in [-0.2, -0.15) is 5.10 Å². The molecule has 1 heterocycles. The van der Waals surface area contributed by atoms with Crippen LogP contribution in [0.25, 0.3) is 5.69 Å². The van der Waals surface area contributed by atoms with Crippen molar-refractivity contribution in [1.82, 2.24) is 15.1 Å². The zero-order chi connectivity index (χ0) is 14.5. The molecule has 0 aliphatic heterocycles. The fourth-order valence-corrected chi connectivity index (χ4v) is 2.16. The van der Waals surface area contributed by atoms with Crippen molar-refractivity contribution in [2.75, 3.05) is 20.3 Å². The highest BCUT2D eigenvalue weighted by atomic mass is 35.5. The molecule has 0 amide bonds. The average molecular weight is 314 g/mol. The Balaban J connectivity index is 2.23. The number of aromatic nitrogens is 2. The molecule has 1 N–H and O–H groups in total.